The second-order valence-electron chi connectivity index (χ2n) is 8.06. The van der Waals surface area contributed by atoms with Gasteiger partial charge < -0.3 is 14.6 Å². The Labute approximate surface area is 191 Å². The maximum Gasteiger partial charge on any atom is 0.252 e. The number of nitrogens with zero attached hydrogens (tertiary/aromatic N) is 2. The third-order valence-corrected chi connectivity index (χ3v) is 5.92. The maximum atomic E-state index is 14.1. The summed E-state index contributed by atoms with van der Waals surface area (Å²) in [5.41, 5.74) is 3.61. The topological polar surface area (TPSA) is 58.4 Å². The number of hydrogen-bond donors (Lipinski definition) is 1. The van der Waals surface area contributed by atoms with Crippen LogP contribution in [0.2, 0.25) is 0 Å². The molecule has 0 saturated carbocycles. The second-order valence-corrected chi connectivity index (χ2v) is 8.06. The summed E-state index contributed by atoms with van der Waals surface area (Å²) in [5.74, 6) is -0.00955. The van der Waals surface area contributed by atoms with Gasteiger partial charge in [0.1, 0.15) is 5.82 Å². The molecule has 1 aliphatic heterocycles. The first-order chi connectivity index (χ1) is 16.2. The van der Waals surface area contributed by atoms with E-state index in [4.69, 9.17) is 4.42 Å². The fourth-order valence-corrected chi connectivity index (χ4v) is 4.25. The van der Waals surface area contributed by atoms with Crippen molar-refractivity contribution in [3.8, 4) is 22.8 Å². The highest BCUT2D eigenvalue weighted by Crippen LogP contribution is 2.30. The highest BCUT2D eigenvalue weighted by molar-refractivity contribution is 6.00. The molecule has 1 N–H and O–H groups in total. The van der Waals surface area contributed by atoms with Crippen LogP contribution >= 0.6 is 0 Å². The Kier molecular flexibility index (Phi) is 5.89. The second kappa shape index (κ2) is 9.28. The van der Waals surface area contributed by atoms with Gasteiger partial charge in [-0.2, -0.15) is 0 Å². The number of hydrogen-bond acceptors (Lipinski definition) is 4. The van der Waals surface area contributed by atoms with Gasteiger partial charge in [0.25, 0.3) is 5.91 Å². The van der Waals surface area contributed by atoms with Crippen molar-refractivity contribution in [3.05, 3.63) is 95.9 Å². The third-order valence-electron chi connectivity index (χ3n) is 5.92. The Bertz CT molecular complexity index is 1280. The van der Waals surface area contributed by atoms with Gasteiger partial charge in [-0.3, -0.25) is 4.79 Å². The zero-order chi connectivity index (χ0) is 22.6. The average Bonchev–Trinajstić information content (AvgIpc) is 3.56. The SMILES string of the molecule is O=C(NCc1ccccc1N1CCCC1)c1ccccc1-c1ncc(-c2ccccc2F)o1. The van der Waals surface area contributed by atoms with Crippen molar-refractivity contribution in [2.45, 2.75) is 19.4 Å². The monoisotopic (exact) mass is 441 g/mol. The van der Waals surface area contributed by atoms with Gasteiger partial charge in [0.15, 0.2) is 5.76 Å². The first-order valence-electron chi connectivity index (χ1n) is 11.1. The molecule has 0 bridgehead atoms. The van der Waals surface area contributed by atoms with E-state index in [1.807, 2.05) is 18.2 Å². The van der Waals surface area contributed by atoms with Crippen LogP contribution in [0.3, 0.4) is 0 Å². The molecule has 4 aromatic rings. The van der Waals surface area contributed by atoms with Gasteiger partial charge in [0, 0.05) is 30.9 Å². The van der Waals surface area contributed by atoms with Crippen LogP contribution in [-0.4, -0.2) is 24.0 Å². The number of amides is 1. The molecule has 1 amide bonds. The molecule has 33 heavy (non-hydrogen) atoms. The molecule has 5 nitrogen and oxygen atoms in total. The fraction of sp³-hybridized carbons (Fsp3) is 0.185. The van der Waals surface area contributed by atoms with Gasteiger partial charge in [0.05, 0.1) is 17.3 Å². The summed E-state index contributed by atoms with van der Waals surface area (Å²) in [6, 6.07) is 21.7. The zero-order valence-corrected chi connectivity index (χ0v) is 18.1. The number of rotatable bonds is 6. The number of nitrogens with one attached hydrogen (secondary N) is 1. The number of carbonyl (C=O) groups excluding carboxylic acids is 1. The lowest BCUT2D eigenvalue weighted by Gasteiger charge is -2.21. The van der Waals surface area contributed by atoms with Crippen LogP contribution < -0.4 is 10.2 Å². The molecule has 0 atom stereocenters. The summed E-state index contributed by atoms with van der Waals surface area (Å²) in [7, 11) is 0. The molecule has 5 rings (SSSR count). The van der Waals surface area contributed by atoms with E-state index in [0.717, 1.165) is 18.7 Å². The Balaban J connectivity index is 1.37. The van der Waals surface area contributed by atoms with Crippen molar-refractivity contribution >= 4 is 11.6 Å². The van der Waals surface area contributed by atoms with E-state index in [1.54, 1.807) is 36.4 Å². The van der Waals surface area contributed by atoms with Crippen molar-refractivity contribution in [2.75, 3.05) is 18.0 Å². The molecule has 1 saturated heterocycles. The van der Waals surface area contributed by atoms with Gasteiger partial charge in [-0.15, -0.1) is 0 Å². The van der Waals surface area contributed by atoms with Gasteiger partial charge in [-0.25, -0.2) is 9.37 Å². The van der Waals surface area contributed by atoms with Crippen LogP contribution in [-0.2, 0) is 6.54 Å². The molecule has 6 heteroatoms. The smallest absolute Gasteiger partial charge is 0.252 e. The van der Waals surface area contributed by atoms with Crippen LogP contribution in [0.15, 0.2) is 83.4 Å². The van der Waals surface area contributed by atoms with Crippen molar-refractivity contribution < 1.29 is 13.6 Å². The van der Waals surface area contributed by atoms with Gasteiger partial charge in [-0.05, 0) is 48.7 Å². The predicted molar refractivity (Wildman–Crippen MR) is 126 cm³/mol. The Hall–Kier alpha value is -3.93. The predicted octanol–water partition coefficient (Wildman–Crippen LogP) is 5.68. The average molecular weight is 442 g/mol. The van der Waals surface area contributed by atoms with E-state index in [-0.39, 0.29) is 17.6 Å². The van der Waals surface area contributed by atoms with Gasteiger partial charge >= 0.3 is 0 Å². The summed E-state index contributed by atoms with van der Waals surface area (Å²) in [6.07, 6.45) is 3.87. The number of carbonyl (C=O) groups is 1. The van der Waals surface area contributed by atoms with Gasteiger partial charge in [0.2, 0.25) is 5.89 Å². The Morgan fingerprint density at radius 3 is 2.45 bits per heavy atom. The summed E-state index contributed by atoms with van der Waals surface area (Å²) >= 11 is 0. The molecule has 1 aliphatic rings. The molecule has 0 aliphatic carbocycles. The van der Waals surface area contributed by atoms with Crippen molar-refractivity contribution in [3.63, 3.8) is 0 Å². The lowest BCUT2D eigenvalue weighted by atomic mass is 10.1. The molecule has 1 aromatic heterocycles. The van der Waals surface area contributed by atoms with E-state index >= 15 is 0 Å². The summed E-state index contributed by atoms with van der Waals surface area (Å²) in [6.45, 7) is 2.51. The van der Waals surface area contributed by atoms with Crippen molar-refractivity contribution in [2.24, 2.45) is 0 Å². The standard InChI is InChI=1S/C27H24FN3O2/c28-23-13-5-4-12-22(23)25-18-30-27(33-25)21-11-3-2-10-20(21)26(32)29-17-19-9-1-6-14-24(19)31-15-7-8-16-31/h1-6,9-14,18H,7-8,15-17H2,(H,29,32). The number of halogens is 1. The zero-order valence-electron chi connectivity index (χ0n) is 18.1. The van der Waals surface area contributed by atoms with Crippen LogP contribution in [0.5, 0.6) is 0 Å². The van der Waals surface area contributed by atoms with Crippen molar-refractivity contribution in [1.82, 2.24) is 10.3 Å². The molecule has 0 spiro atoms. The minimum Gasteiger partial charge on any atom is -0.436 e. The fourth-order valence-electron chi connectivity index (χ4n) is 4.25. The van der Waals surface area contributed by atoms with E-state index in [0.29, 0.717) is 29.0 Å². The highest BCUT2D eigenvalue weighted by Gasteiger charge is 2.19. The third kappa shape index (κ3) is 4.37. The number of para-hydroxylation sites is 1. The molecule has 166 valence electrons. The quantitative estimate of drug-likeness (QED) is 0.418. The molecule has 2 heterocycles. The first kappa shape index (κ1) is 20.9. The summed E-state index contributed by atoms with van der Waals surface area (Å²) in [4.78, 5) is 19.8. The lowest BCUT2D eigenvalue weighted by Crippen LogP contribution is -2.26. The summed E-state index contributed by atoms with van der Waals surface area (Å²) < 4.78 is 20.0. The number of oxazole rings is 1. The highest BCUT2D eigenvalue weighted by atomic mass is 19.1. The number of anilines is 1. The minimum atomic E-state index is -0.386. The lowest BCUT2D eigenvalue weighted by molar-refractivity contribution is 0.0951. The van der Waals surface area contributed by atoms with E-state index in [2.05, 4.69) is 27.3 Å². The molecule has 3 aromatic carbocycles. The van der Waals surface area contributed by atoms with Crippen LogP contribution in [0.1, 0.15) is 28.8 Å². The first-order valence-corrected chi connectivity index (χ1v) is 11.1. The van der Waals surface area contributed by atoms with Crippen molar-refractivity contribution in [1.29, 1.82) is 0 Å². The normalized spacial score (nSPS) is 13.3. The maximum absolute atomic E-state index is 14.1. The van der Waals surface area contributed by atoms with E-state index < -0.39 is 0 Å². The Morgan fingerprint density at radius 2 is 1.64 bits per heavy atom. The summed E-state index contributed by atoms with van der Waals surface area (Å²) in [5, 5.41) is 3.04. The van der Waals surface area contributed by atoms with E-state index in [1.165, 1.54) is 30.8 Å². The molecule has 0 unspecified atom stereocenters. The molecular formula is C27H24FN3O2. The number of aromatic nitrogens is 1. The minimum absolute atomic E-state index is 0.215. The molecule has 1 fully saturated rings. The van der Waals surface area contributed by atoms with Crippen LogP contribution in [0.4, 0.5) is 10.1 Å². The molecular weight excluding hydrogens is 417 g/mol. The van der Waals surface area contributed by atoms with Gasteiger partial charge in [-0.1, -0.05) is 42.5 Å². The molecule has 0 radical (unpaired) electrons. The van der Waals surface area contributed by atoms with Crippen LogP contribution in [0.25, 0.3) is 22.8 Å². The van der Waals surface area contributed by atoms with Crippen LogP contribution in [0, 0.1) is 5.82 Å². The largest absolute Gasteiger partial charge is 0.436 e. The Morgan fingerprint density at radius 1 is 0.939 bits per heavy atom. The van der Waals surface area contributed by atoms with E-state index in [9.17, 15) is 9.18 Å². The number of benzene rings is 3.